The van der Waals surface area contributed by atoms with Crippen LogP contribution in [0.25, 0.3) is 10.8 Å². The van der Waals surface area contributed by atoms with Gasteiger partial charge in [0.25, 0.3) is 5.91 Å². The molecule has 0 radical (unpaired) electrons. The van der Waals surface area contributed by atoms with Crippen molar-refractivity contribution >= 4 is 22.5 Å². The summed E-state index contributed by atoms with van der Waals surface area (Å²) >= 11 is 0. The van der Waals surface area contributed by atoms with Gasteiger partial charge in [0.2, 0.25) is 0 Å². The third kappa shape index (κ3) is 3.79. The zero-order valence-corrected chi connectivity index (χ0v) is 16.1. The number of rotatable bonds is 5. The topological polar surface area (TPSA) is 54.5 Å². The van der Waals surface area contributed by atoms with E-state index >= 15 is 0 Å². The zero-order valence-electron chi connectivity index (χ0n) is 16.1. The Kier molecular flexibility index (Phi) is 5.42. The summed E-state index contributed by atoms with van der Waals surface area (Å²) in [6.07, 6.45) is 5.39. The van der Waals surface area contributed by atoms with Crippen molar-refractivity contribution in [3.05, 3.63) is 65.9 Å². The van der Waals surface area contributed by atoms with Crippen LogP contribution in [0, 0.1) is 0 Å². The van der Waals surface area contributed by atoms with Crippen molar-refractivity contribution in [2.75, 3.05) is 25.1 Å². The number of carbonyl (C=O) groups excluding carboxylic acids is 1. The van der Waals surface area contributed by atoms with Gasteiger partial charge in [-0.05, 0) is 42.3 Å². The van der Waals surface area contributed by atoms with Crippen LogP contribution in [0.2, 0.25) is 0 Å². The molecule has 28 heavy (non-hydrogen) atoms. The minimum absolute atomic E-state index is 0.107. The molecule has 1 saturated heterocycles. The Labute approximate surface area is 165 Å². The number of nitrogens with zero attached hydrogens (tertiary/aromatic N) is 2. The molecule has 1 amide bonds. The molecule has 2 heterocycles. The van der Waals surface area contributed by atoms with Gasteiger partial charge in [0.05, 0.1) is 12.7 Å². The number of amides is 1. The molecule has 0 unspecified atom stereocenters. The van der Waals surface area contributed by atoms with Gasteiger partial charge in [-0.25, -0.2) is 4.98 Å². The van der Waals surface area contributed by atoms with Gasteiger partial charge in [0.1, 0.15) is 11.6 Å². The molecule has 0 spiro atoms. The SMILES string of the molecule is COc1ccc(CNC(=O)c2cnc(N3CCCCC3)c3ccccc23)cc1. The molecule has 1 fully saturated rings. The predicted octanol–water partition coefficient (Wildman–Crippen LogP) is 4.16. The number of aromatic nitrogens is 1. The molecule has 144 valence electrons. The molecule has 0 aliphatic carbocycles. The maximum Gasteiger partial charge on any atom is 0.253 e. The molecular weight excluding hydrogens is 350 g/mol. The van der Waals surface area contributed by atoms with E-state index in [-0.39, 0.29) is 5.91 Å². The summed E-state index contributed by atoms with van der Waals surface area (Å²) in [4.78, 5) is 19.9. The van der Waals surface area contributed by atoms with Gasteiger partial charge in [0.15, 0.2) is 0 Å². The smallest absolute Gasteiger partial charge is 0.253 e. The van der Waals surface area contributed by atoms with Crippen LogP contribution in [-0.4, -0.2) is 31.1 Å². The molecule has 1 aromatic heterocycles. The lowest BCUT2D eigenvalue weighted by atomic mass is 10.0. The monoisotopic (exact) mass is 375 g/mol. The molecule has 1 aliphatic heterocycles. The summed E-state index contributed by atoms with van der Waals surface area (Å²) in [6.45, 7) is 2.52. The van der Waals surface area contributed by atoms with Crippen molar-refractivity contribution in [3.63, 3.8) is 0 Å². The molecule has 3 aromatic rings. The number of anilines is 1. The first-order valence-electron chi connectivity index (χ1n) is 9.80. The van der Waals surface area contributed by atoms with Gasteiger partial charge in [-0.1, -0.05) is 36.4 Å². The van der Waals surface area contributed by atoms with Gasteiger partial charge >= 0.3 is 0 Å². The molecule has 5 nitrogen and oxygen atoms in total. The van der Waals surface area contributed by atoms with Crippen LogP contribution in [0.4, 0.5) is 5.82 Å². The van der Waals surface area contributed by atoms with Crippen LogP contribution >= 0.6 is 0 Å². The molecule has 0 saturated carbocycles. The maximum atomic E-state index is 12.9. The van der Waals surface area contributed by atoms with Gasteiger partial charge in [-0.2, -0.15) is 0 Å². The van der Waals surface area contributed by atoms with Gasteiger partial charge in [0, 0.05) is 31.2 Å². The van der Waals surface area contributed by atoms with Crippen LogP contribution in [0.5, 0.6) is 5.75 Å². The summed E-state index contributed by atoms with van der Waals surface area (Å²) in [5, 5.41) is 5.00. The van der Waals surface area contributed by atoms with Crippen molar-refractivity contribution in [1.29, 1.82) is 0 Å². The highest BCUT2D eigenvalue weighted by molar-refractivity contribution is 6.09. The van der Waals surface area contributed by atoms with E-state index in [1.807, 2.05) is 42.5 Å². The highest BCUT2D eigenvalue weighted by Crippen LogP contribution is 2.29. The first-order chi connectivity index (χ1) is 13.8. The number of ether oxygens (including phenoxy) is 1. The fourth-order valence-electron chi connectivity index (χ4n) is 3.74. The predicted molar refractivity (Wildman–Crippen MR) is 112 cm³/mol. The summed E-state index contributed by atoms with van der Waals surface area (Å²) < 4.78 is 5.17. The zero-order chi connectivity index (χ0) is 19.3. The Hall–Kier alpha value is -3.08. The maximum absolute atomic E-state index is 12.9. The first kappa shape index (κ1) is 18.3. The second kappa shape index (κ2) is 8.30. The van der Waals surface area contributed by atoms with E-state index in [2.05, 4.69) is 21.3 Å². The third-order valence-electron chi connectivity index (χ3n) is 5.29. The standard InChI is InChI=1S/C23H25N3O2/c1-28-18-11-9-17(10-12-18)15-25-23(27)21-16-24-22(26-13-5-2-6-14-26)20-8-4-3-7-19(20)21/h3-4,7-12,16H,2,5-6,13-15H2,1H3,(H,25,27). The molecule has 1 N–H and O–H groups in total. The lowest BCUT2D eigenvalue weighted by molar-refractivity contribution is 0.0952. The van der Waals surface area contributed by atoms with Crippen LogP contribution < -0.4 is 15.0 Å². The molecule has 5 heteroatoms. The minimum Gasteiger partial charge on any atom is -0.497 e. The summed E-state index contributed by atoms with van der Waals surface area (Å²) in [5.41, 5.74) is 1.64. The van der Waals surface area contributed by atoms with Crippen LogP contribution in [0.1, 0.15) is 35.2 Å². The normalized spacial score (nSPS) is 14.1. The number of nitrogens with one attached hydrogen (secondary N) is 1. The molecule has 1 aliphatic rings. The minimum atomic E-state index is -0.107. The third-order valence-corrected chi connectivity index (χ3v) is 5.29. The van der Waals surface area contributed by atoms with Crippen molar-refractivity contribution in [2.45, 2.75) is 25.8 Å². The molecule has 0 bridgehead atoms. The molecule has 0 atom stereocenters. The van der Waals surface area contributed by atoms with Crippen LogP contribution in [-0.2, 0) is 6.54 Å². The van der Waals surface area contributed by atoms with E-state index in [1.54, 1.807) is 13.3 Å². The fraction of sp³-hybridized carbons (Fsp3) is 0.304. The number of hydrogen-bond donors (Lipinski definition) is 1. The van der Waals surface area contributed by atoms with Crippen molar-refractivity contribution < 1.29 is 9.53 Å². The highest BCUT2D eigenvalue weighted by atomic mass is 16.5. The van der Waals surface area contributed by atoms with Gasteiger partial charge < -0.3 is 15.0 Å². The molecular formula is C23H25N3O2. The van der Waals surface area contributed by atoms with Crippen LogP contribution in [0.15, 0.2) is 54.7 Å². The number of piperidine rings is 1. The Morgan fingerprint density at radius 3 is 2.46 bits per heavy atom. The Morgan fingerprint density at radius 1 is 1.04 bits per heavy atom. The molecule has 4 rings (SSSR count). The molecule has 2 aromatic carbocycles. The average Bonchev–Trinajstić information content (AvgIpc) is 2.77. The van der Waals surface area contributed by atoms with E-state index in [1.165, 1.54) is 19.3 Å². The van der Waals surface area contributed by atoms with Crippen LogP contribution in [0.3, 0.4) is 0 Å². The lowest BCUT2D eigenvalue weighted by Gasteiger charge is -2.29. The Balaban J connectivity index is 1.56. The fourth-order valence-corrected chi connectivity index (χ4v) is 3.74. The largest absolute Gasteiger partial charge is 0.497 e. The van der Waals surface area contributed by atoms with Crippen molar-refractivity contribution in [2.24, 2.45) is 0 Å². The number of methoxy groups -OCH3 is 1. The number of hydrogen-bond acceptors (Lipinski definition) is 4. The van der Waals surface area contributed by atoms with Crippen molar-refractivity contribution in [3.8, 4) is 5.75 Å². The van der Waals surface area contributed by atoms with Gasteiger partial charge in [-0.3, -0.25) is 4.79 Å². The number of fused-ring (bicyclic) bond motifs is 1. The van der Waals surface area contributed by atoms with Crippen molar-refractivity contribution in [1.82, 2.24) is 10.3 Å². The van der Waals surface area contributed by atoms with E-state index in [4.69, 9.17) is 4.74 Å². The van der Waals surface area contributed by atoms with E-state index in [0.717, 1.165) is 41.0 Å². The van der Waals surface area contributed by atoms with E-state index < -0.39 is 0 Å². The van der Waals surface area contributed by atoms with E-state index in [9.17, 15) is 4.79 Å². The number of pyridine rings is 1. The summed E-state index contributed by atoms with van der Waals surface area (Å²) in [6, 6.07) is 15.7. The number of benzene rings is 2. The Bertz CT molecular complexity index is 963. The lowest BCUT2D eigenvalue weighted by Crippen LogP contribution is -2.30. The number of carbonyl (C=O) groups is 1. The summed E-state index contributed by atoms with van der Waals surface area (Å²) in [7, 11) is 1.64. The second-order valence-electron chi connectivity index (χ2n) is 7.12. The quantitative estimate of drug-likeness (QED) is 0.727. The average molecular weight is 375 g/mol. The Morgan fingerprint density at radius 2 is 1.75 bits per heavy atom. The highest BCUT2D eigenvalue weighted by Gasteiger charge is 2.18. The van der Waals surface area contributed by atoms with Gasteiger partial charge in [-0.15, -0.1) is 0 Å². The first-order valence-corrected chi connectivity index (χ1v) is 9.80. The van der Waals surface area contributed by atoms with E-state index in [0.29, 0.717) is 12.1 Å². The summed E-state index contributed by atoms with van der Waals surface area (Å²) in [5.74, 6) is 1.69. The second-order valence-corrected chi connectivity index (χ2v) is 7.12.